The largest absolute Gasteiger partial charge is 0.480 e. The zero-order valence-electron chi connectivity index (χ0n) is 15.0. The molecule has 0 spiro atoms. The van der Waals surface area contributed by atoms with Crippen LogP contribution in [-0.4, -0.2) is 26.8 Å². The zero-order chi connectivity index (χ0) is 19.1. The Hall–Kier alpha value is -2.21. The predicted octanol–water partition coefficient (Wildman–Crippen LogP) is 4.50. The van der Waals surface area contributed by atoms with Gasteiger partial charge in [-0.05, 0) is 57.4 Å². The van der Waals surface area contributed by atoms with Crippen LogP contribution in [0.15, 0.2) is 46.5 Å². The highest BCUT2D eigenvalue weighted by molar-refractivity contribution is 9.10. The van der Waals surface area contributed by atoms with Crippen LogP contribution in [0.5, 0.6) is 0 Å². The molecule has 1 aliphatic rings. The van der Waals surface area contributed by atoms with Crippen LogP contribution in [0.1, 0.15) is 47.4 Å². The molecule has 0 saturated heterocycles. The van der Waals surface area contributed by atoms with Crippen molar-refractivity contribution in [2.24, 2.45) is 5.41 Å². The van der Waals surface area contributed by atoms with Crippen LogP contribution in [0.25, 0.3) is 0 Å². The third-order valence-electron chi connectivity index (χ3n) is 5.13. The first-order chi connectivity index (χ1) is 12.3. The quantitative estimate of drug-likeness (QED) is 0.590. The van der Waals surface area contributed by atoms with E-state index in [1.165, 1.54) is 4.68 Å². The fraction of sp³-hybridized carbons (Fsp3) is 0.350. The van der Waals surface area contributed by atoms with Gasteiger partial charge in [-0.1, -0.05) is 39.7 Å². The van der Waals surface area contributed by atoms with E-state index in [0.29, 0.717) is 17.8 Å². The van der Waals surface area contributed by atoms with Gasteiger partial charge in [-0.2, -0.15) is 5.10 Å². The Morgan fingerprint density at radius 1 is 1.23 bits per heavy atom. The van der Waals surface area contributed by atoms with Gasteiger partial charge in [0, 0.05) is 16.1 Å². The number of halogens is 1. The molecule has 1 aromatic carbocycles. The van der Waals surface area contributed by atoms with Crippen LogP contribution in [0.4, 0.5) is 0 Å². The van der Waals surface area contributed by atoms with Crippen molar-refractivity contribution in [2.45, 2.75) is 39.5 Å². The molecule has 6 heteroatoms. The highest BCUT2D eigenvalue weighted by atomic mass is 79.9. The molecule has 0 saturated carbocycles. The van der Waals surface area contributed by atoms with Crippen molar-refractivity contribution < 1.29 is 14.7 Å². The van der Waals surface area contributed by atoms with E-state index in [2.05, 4.69) is 21.0 Å². The number of benzene rings is 1. The molecular weight excluding hydrogens is 396 g/mol. The minimum atomic E-state index is -1.57. The first kappa shape index (κ1) is 18.6. The summed E-state index contributed by atoms with van der Waals surface area (Å²) in [5.41, 5.74) is 1.71. The monoisotopic (exact) mass is 416 g/mol. The molecule has 2 unspecified atom stereocenters. The van der Waals surface area contributed by atoms with E-state index in [0.717, 1.165) is 15.6 Å². The maximum absolute atomic E-state index is 13.4. The number of carboxylic acids is 1. The van der Waals surface area contributed by atoms with E-state index >= 15 is 0 Å². The third-order valence-corrected chi connectivity index (χ3v) is 5.66. The van der Waals surface area contributed by atoms with Crippen LogP contribution in [-0.2, 0) is 4.79 Å². The van der Waals surface area contributed by atoms with E-state index in [4.69, 9.17) is 0 Å². The Kier molecular flexibility index (Phi) is 4.88. The van der Waals surface area contributed by atoms with Gasteiger partial charge in [0.2, 0.25) is 0 Å². The van der Waals surface area contributed by atoms with Crippen molar-refractivity contribution in [1.29, 1.82) is 0 Å². The third kappa shape index (κ3) is 3.03. The molecular formula is C20H21BrN2O3. The van der Waals surface area contributed by atoms with E-state index in [9.17, 15) is 14.7 Å². The second-order valence-electron chi connectivity index (χ2n) is 6.98. The maximum Gasteiger partial charge on any atom is 0.320 e. The number of hydrogen-bond donors (Lipinski definition) is 1. The van der Waals surface area contributed by atoms with Crippen LogP contribution < -0.4 is 0 Å². The van der Waals surface area contributed by atoms with Crippen molar-refractivity contribution in [1.82, 2.24) is 9.78 Å². The van der Waals surface area contributed by atoms with Crippen molar-refractivity contribution in [3.8, 4) is 0 Å². The standard InChI is InChI=1S/C20H21BrN2O3/c1-12-8-9-20(19(25)26,18(24)23-14(3)11-13(2)22-23)17(10-12)15-4-6-16(21)7-5-15/h4-8,11,17H,9-10H2,1-3H3,(H,25,26). The molecule has 1 aliphatic carbocycles. The summed E-state index contributed by atoms with van der Waals surface area (Å²) in [5.74, 6) is -2.03. The second-order valence-corrected chi connectivity index (χ2v) is 7.90. The number of carbonyl (C=O) groups is 2. The first-order valence-corrected chi connectivity index (χ1v) is 9.27. The minimum Gasteiger partial charge on any atom is -0.480 e. The van der Waals surface area contributed by atoms with Gasteiger partial charge in [0.05, 0.1) is 5.69 Å². The molecule has 136 valence electrons. The van der Waals surface area contributed by atoms with Gasteiger partial charge in [-0.15, -0.1) is 0 Å². The van der Waals surface area contributed by atoms with E-state index < -0.39 is 23.2 Å². The van der Waals surface area contributed by atoms with Gasteiger partial charge in [-0.3, -0.25) is 9.59 Å². The Bertz CT molecular complexity index is 898. The molecule has 1 aromatic heterocycles. The topological polar surface area (TPSA) is 72.2 Å². The van der Waals surface area contributed by atoms with Gasteiger partial charge < -0.3 is 5.11 Å². The fourth-order valence-electron chi connectivity index (χ4n) is 3.74. The molecule has 0 aliphatic heterocycles. The Morgan fingerprint density at radius 3 is 2.42 bits per heavy atom. The maximum atomic E-state index is 13.4. The number of aliphatic carboxylic acids is 1. The molecule has 1 heterocycles. The summed E-state index contributed by atoms with van der Waals surface area (Å²) in [6, 6.07) is 9.32. The van der Waals surface area contributed by atoms with E-state index in [1.807, 2.05) is 37.3 Å². The first-order valence-electron chi connectivity index (χ1n) is 8.48. The summed E-state index contributed by atoms with van der Waals surface area (Å²) in [6.07, 6.45) is 2.55. The summed E-state index contributed by atoms with van der Waals surface area (Å²) in [4.78, 5) is 25.9. The number of rotatable bonds is 3. The number of allylic oxidation sites excluding steroid dienone is 2. The molecule has 5 nitrogen and oxygen atoms in total. The van der Waals surface area contributed by atoms with Gasteiger partial charge >= 0.3 is 5.97 Å². The zero-order valence-corrected chi connectivity index (χ0v) is 16.6. The summed E-state index contributed by atoms with van der Waals surface area (Å²) in [6.45, 7) is 5.54. The number of aromatic nitrogens is 2. The van der Waals surface area contributed by atoms with Crippen molar-refractivity contribution in [2.75, 3.05) is 0 Å². The van der Waals surface area contributed by atoms with Crippen LogP contribution in [0, 0.1) is 19.3 Å². The summed E-state index contributed by atoms with van der Waals surface area (Å²) in [5, 5.41) is 14.4. The molecule has 0 bridgehead atoms. The van der Waals surface area contributed by atoms with Crippen LogP contribution in [0.2, 0.25) is 0 Å². The van der Waals surface area contributed by atoms with Crippen LogP contribution in [0.3, 0.4) is 0 Å². The molecule has 1 N–H and O–H groups in total. The highest BCUT2D eigenvalue weighted by Crippen LogP contribution is 2.48. The van der Waals surface area contributed by atoms with E-state index in [-0.39, 0.29) is 6.42 Å². The lowest BCUT2D eigenvalue weighted by Gasteiger charge is -2.38. The molecule has 0 amide bonds. The Morgan fingerprint density at radius 2 is 1.88 bits per heavy atom. The number of hydrogen-bond acceptors (Lipinski definition) is 3. The minimum absolute atomic E-state index is 0.159. The Balaban J connectivity index is 2.18. The lowest BCUT2D eigenvalue weighted by atomic mass is 9.63. The summed E-state index contributed by atoms with van der Waals surface area (Å²) >= 11 is 3.41. The SMILES string of the molecule is CC1=CCC(C(=O)O)(C(=O)n2nc(C)cc2C)C(c2ccc(Br)cc2)C1. The molecule has 26 heavy (non-hydrogen) atoms. The average molecular weight is 417 g/mol. The molecule has 2 atom stereocenters. The highest BCUT2D eigenvalue weighted by Gasteiger charge is 2.54. The second kappa shape index (κ2) is 6.83. The molecule has 0 radical (unpaired) electrons. The average Bonchev–Trinajstić information content (AvgIpc) is 2.93. The summed E-state index contributed by atoms with van der Waals surface area (Å²) < 4.78 is 2.17. The molecule has 2 aromatic rings. The van der Waals surface area contributed by atoms with Crippen molar-refractivity contribution >= 4 is 27.8 Å². The van der Waals surface area contributed by atoms with Gasteiger partial charge in [0.25, 0.3) is 5.91 Å². The van der Waals surface area contributed by atoms with Gasteiger partial charge in [0.1, 0.15) is 0 Å². The smallest absolute Gasteiger partial charge is 0.320 e. The number of aryl methyl sites for hydroxylation is 2. The predicted molar refractivity (Wildman–Crippen MR) is 102 cm³/mol. The number of carboxylic acid groups (broad SMARTS) is 1. The number of nitrogens with zero attached hydrogens (tertiary/aromatic N) is 2. The Labute approximate surface area is 160 Å². The van der Waals surface area contributed by atoms with Crippen molar-refractivity contribution in [3.05, 3.63) is 63.4 Å². The van der Waals surface area contributed by atoms with Gasteiger partial charge in [0.15, 0.2) is 5.41 Å². The lowest BCUT2D eigenvalue weighted by Crippen LogP contribution is -2.48. The molecule has 0 fully saturated rings. The normalized spacial score (nSPS) is 22.8. The van der Waals surface area contributed by atoms with Crippen LogP contribution >= 0.6 is 15.9 Å². The van der Waals surface area contributed by atoms with E-state index in [1.54, 1.807) is 19.9 Å². The molecule has 3 rings (SSSR count). The number of carbonyl (C=O) groups excluding carboxylic acids is 1. The fourth-order valence-corrected chi connectivity index (χ4v) is 4.01. The van der Waals surface area contributed by atoms with Gasteiger partial charge in [-0.25, -0.2) is 4.68 Å². The van der Waals surface area contributed by atoms with Crippen molar-refractivity contribution in [3.63, 3.8) is 0 Å². The lowest BCUT2D eigenvalue weighted by molar-refractivity contribution is -0.147. The summed E-state index contributed by atoms with van der Waals surface area (Å²) in [7, 11) is 0.